The van der Waals surface area contributed by atoms with Crippen LogP contribution in [-0.2, 0) is 39.0 Å². The van der Waals surface area contributed by atoms with Gasteiger partial charge in [0.05, 0.1) is 35.3 Å². The van der Waals surface area contributed by atoms with E-state index >= 15 is 0 Å². The molecule has 10 heterocycles. The molecule has 4 fully saturated rings. The second-order valence-corrected chi connectivity index (χ2v) is 29.9. The first kappa shape index (κ1) is 66.3. The maximum atomic E-state index is 12.9. The number of anilines is 3. The Morgan fingerprint density at radius 2 is 1.47 bits per heavy atom. The van der Waals surface area contributed by atoms with Crippen LogP contribution in [0.25, 0.3) is 11.6 Å². The Morgan fingerprint density at radius 3 is 2.08 bits per heavy atom. The second kappa shape index (κ2) is 26.7. The molecule has 0 aromatic carbocycles. The average molecular weight is 1300 g/mol. The number of aliphatic hydroxyl groups is 1. The highest BCUT2D eigenvalue weighted by atomic mass is 32.1. The minimum Gasteiger partial charge on any atom is -0.473 e. The Bertz CT molecular complexity index is 3660. The van der Waals surface area contributed by atoms with Crippen molar-refractivity contribution in [2.24, 2.45) is 10.1 Å². The fourth-order valence-corrected chi connectivity index (χ4v) is 17.0. The minimum atomic E-state index is -1.96. The number of oxime groups is 1. The van der Waals surface area contributed by atoms with Crippen LogP contribution in [0.2, 0.25) is 0 Å². The number of nitrogens with two attached hydrogens (primary N) is 1. The molecule has 0 spiro atoms. The maximum Gasteiger partial charge on any atom is 0.410 e. The number of carbonyl (C=O) groups excluding carboxylic acids is 1. The maximum absolute atomic E-state index is 12.9. The van der Waals surface area contributed by atoms with Gasteiger partial charge in [0.2, 0.25) is 29.2 Å². The van der Waals surface area contributed by atoms with Crippen molar-refractivity contribution in [1.82, 2.24) is 50.0 Å². The summed E-state index contributed by atoms with van der Waals surface area (Å²) in [5, 5.41) is 46.2. The molecule has 494 valence electrons. The van der Waals surface area contributed by atoms with Gasteiger partial charge in [-0.3, -0.25) is 9.80 Å². The molecule has 0 saturated carbocycles. The third-order valence-corrected chi connectivity index (χ3v) is 21.7. The molecule has 1 unspecified atom stereocenters. The third-order valence-electron chi connectivity index (χ3n) is 19.5. The van der Waals surface area contributed by atoms with Crippen LogP contribution in [0.4, 0.5) is 26.4 Å². The first-order chi connectivity index (χ1) is 43.8. The number of aromatic nitrogens is 5. The van der Waals surface area contributed by atoms with Gasteiger partial charge in [0.15, 0.2) is 0 Å². The number of nitrogens with zero attached hydrogens (tertiary/aromatic N) is 15. The SMILES string of the molecule is C[C@H](Oc1cc(N2CCN(C(=O)OC(C)(C)C)C[C@H]2C)nc(C2(O)CC([C@@]3(C)CCCc4sc(N=CN(C)C)c(C#N)c43)=NO2)n1)[C@@H]1CCCN1C.C[C@H](Oc1cc(N2CCNC[C@H]2C)nc(-c2cc([C@@]3(C)CCCc4sc(N)c(C#N)c43)no2)n1)[C@@H]1CCCN1C. The summed E-state index contributed by atoms with van der Waals surface area (Å²) < 4.78 is 24.6. The van der Waals surface area contributed by atoms with Crippen LogP contribution in [0, 0.1) is 22.7 Å². The van der Waals surface area contributed by atoms with E-state index in [1.807, 2.05) is 71.8 Å². The summed E-state index contributed by atoms with van der Waals surface area (Å²) >= 11 is 3.06. The predicted octanol–water partition coefficient (Wildman–Crippen LogP) is 9.10. The smallest absolute Gasteiger partial charge is 0.410 e. The Labute approximate surface area is 548 Å². The molecule has 1 amide bonds. The van der Waals surface area contributed by atoms with E-state index in [0.717, 1.165) is 118 Å². The summed E-state index contributed by atoms with van der Waals surface area (Å²) in [5.74, 6) is 1.29. The van der Waals surface area contributed by atoms with Gasteiger partial charge in [-0.2, -0.15) is 20.5 Å². The van der Waals surface area contributed by atoms with Gasteiger partial charge in [-0.15, -0.1) is 22.7 Å². The highest BCUT2D eigenvalue weighted by Gasteiger charge is 2.52. The van der Waals surface area contributed by atoms with Gasteiger partial charge in [-0.05, 0) is 165 Å². The van der Waals surface area contributed by atoms with Crippen molar-refractivity contribution in [2.45, 2.75) is 192 Å². The van der Waals surface area contributed by atoms with Crippen molar-refractivity contribution in [3.05, 3.63) is 61.7 Å². The summed E-state index contributed by atoms with van der Waals surface area (Å²) in [6, 6.07) is 11.2. The first-order valence-corrected chi connectivity index (χ1v) is 34.2. The number of nitrogen functional groups attached to an aromatic ring is 1. The molecule has 2 aliphatic carbocycles. The number of amides is 1. The monoisotopic (exact) mass is 1300 g/mol. The number of nitrogens with one attached hydrogen (secondary N) is 1. The Hall–Kier alpha value is -7.20. The number of ether oxygens (including phenoxy) is 3. The number of aliphatic imine (C=N–C) groups is 1. The molecule has 0 bridgehead atoms. The van der Waals surface area contributed by atoms with Gasteiger partial charge < -0.3 is 59.3 Å². The number of hydrogen-bond donors (Lipinski definition) is 3. The van der Waals surface area contributed by atoms with Crippen LogP contribution >= 0.6 is 22.7 Å². The molecular weight excluding hydrogens is 1210 g/mol. The van der Waals surface area contributed by atoms with E-state index in [9.17, 15) is 20.4 Å². The van der Waals surface area contributed by atoms with Crippen LogP contribution in [0.3, 0.4) is 0 Å². The van der Waals surface area contributed by atoms with Crippen molar-refractivity contribution >= 4 is 62.5 Å². The summed E-state index contributed by atoms with van der Waals surface area (Å²) in [6.45, 7) is 24.3. The van der Waals surface area contributed by atoms with Gasteiger partial charge in [0.1, 0.15) is 51.6 Å². The molecule has 12 rings (SSSR count). The number of fused-ring (bicyclic) bond motifs is 2. The number of carbonyl (C=O) groups is 1. The zero-order valence-electron chi connectivity index (χ0n) is 55.7. The van der Waals surface area contributed by atoms with Crippen molar-refractivity contribution < 1.29 is 33.5 Å². The largest absolute Gasteiger partial charge is 0.473 e. The predicted molar refractivity (Wildman–Crippen MR) is 356 cm³/mol. The molecule has 5 aliphatic heterocycles. The van der Waals surface area contributed by atoms with E-state index in [1.165, 1.54) is 34.0 Å². The molecule has 26 heteroatoms. The number of likely N-dealkylation sites (N-methyl/N-ethyl adjacent to an activating group) is 2. The van der Waals surface area contributed by atoms with Crippen LogP contribution < -0.4 is 30.3 Å². The van der Waals surface area contributed by atoms with Gasteiger partial charge in [0.25, 0.3) is 0 Å². The van der Waals surface area contributed by atoms with E-state index in [4.69, 9.17) is 49.2 Å². The summed E-state index contributed by atoms with van der Waals surface area (Å²) in [7, 11) is 8.05. The topological polar surface area (TPSA) is 282 Å². The van der Waals surface area contributed by atoms with E-state index in [1.54, 1.807) is 11.2 Å². The van der Waals surface area contributed by atoms with Crippen molar-refractivity contribution in [2.75, 3.05) is 96.1 Å². The Kier molecular flexibility index (Phi) is 19.2. The number of hydrogen-bond acceptors (Lipinski definition) is 24. The zero-order chi connectivity index (χ0) is 65.6. The van der Waals surface area contributed by atoms with Crippen LogP contribution in [-0.4, -0.2) is 190 Å². The first-order valence-electron chi connectivity index (χ1n) is 32.6. The van der Waals surface area contributed by atoms with E-state index in [-0.39, 0.29) is 48.7 Å². The Morgan fingerprint density at radius 1 is 0.848 bits per heavy atom. The highest BCUT2D eigenvalue weighted by molar-refractivity contribution is 7.16. The molecule has 92 heavy (non-hydrogen) atoms. The number of piperazine rings is 2. The quantitative estimate of drug-likeness (QED) is 0.0690. The summed E-state index contributed by atoms with van der Waals surface area (Å²) in [6.07, 6.45) is 10.9. The fraction of sp³-hybridized carbons (Fsp3) is 0.636. The summed E-state index contributed by atoms with van der Waals surface area (Å²) in [4.78, 5) is 57.8. The molecule has 5 aromatic heterocycles. The van der Waals surface area contributed by atoms with E-state index < -0.39 is 22.2 Å². The second-order valence-electron chi connectivity index (χ2n) is 27.7. The lowest BCUT2D eigenvalue weighted by Gasteiger charge is -2.41. The summed E-state index contributed by atoms with van der Waals surface area (Å²) in [5.41, 5.74) is 8.93. The van der Waals surface area contributed by atoms with Crippen molar-refractivity contribution in [1.29, 1.82) is 10.5 Å². The number of likely N-dealkylation sites (tertiary alicyclic amines) is 2. The standard InChI is InChI=1S/C37H53N9O5S.C29H38N8O2S/c1-23-21-45(34(47)50-35(3,4)5)16-17-46(23)29-18-30(49-24(2)26-12-11-15-44(26)9)41-33(40-29)37(48)19-28(42-51-37)36(6)14-10-13-27-31(36)25(20-38)32(52-27)39-22-43(7)8;1-17-16-32-10-12-37(17)24-14-25(38-18(2)20-7-6-11-36(20)4)34-28(33-24)21-13-23(35-39-21)29(3)9-5-8-22-26(29)19(15-30)27(31)40-22/h18,22-24,26,48H,10-17,19,21H2,1-9H3;13-14,17-18,20,32H,5-12,16,31H2,1-4H3/t23-,24+,26+,36-,37?;17-,18+,20+,29-/m11/s1. The van der Waals surface area contributed by atoms with Crippen LogP contribution in [0.15, 0.2) is 32.9 Å². The highest BCUT2D eigenvalue weighted by Crippen LogP contribution is 2.52. The van der Waals surface area contributed by atoms with Gasteiger partial charge in [-0.1, -0.05) is 10.3 Å². The fourth-order valence-electron chi connectivity index (χ4n) is 14.5. The third kappa shape index (κ3) is 13.5. The van der Waals surface area contributed by atoms with Crippen LogP contribution in [0.5, 0.6) is 11.8 Å². The number of nitriles is 2. The Balaban J connectivity index is 0.000000195. The van der Waals surface area contributed by atoms with Gasteiger partial charge in [0, 0.05) is 116 Å². The molecule has 7 aliphatic rings. The lowest BCUT2D eigenvalue weighted by molar-refractivity contribution is -0.199. The zero-order valence-corrected chi connectivity index (χ0v) is 57.3. The van der Waals surface area contributed by atoms with Gasteiger partial charge in [-0.25, -0.2) is 19.8 Å². The molecule has 5 aromatic rings. The van der Waals surface area contributed by atoms with E-state index in [2.05, 4.69) is 94.1 Å². The average Bonchev–Trinajstić information content (AvgIpc) is 1.58. The normalized spacial score (nSPS) is 26.7. The number of rotatable bonds is 14. The van der Waals surface area contributed by atoms with Gasteiger partial charge >= 0.3 is 11.9 Å². The lowest BCUT2D eigenvalue weighted by atomic mass is 9.68. The van der Waals surface area contributed by atoms with Crippen LogP contribution in [0.1, 0.15) is 164 Å². The molecule has 9 atom stereocenters. The van der Waals surface area contributed by atoms with Crippen molar-refractivity contribution in [3.8, 4) is 35.5 Å². The number of aryl methyl sites for hydroxylation is 2. The van der Waals surface area contributed by atoms with E-state index in [0.29, 0.717) is 81.7 Å². The molecule has 4 N–H and O–H groups in total. The molecular formula is C66H91N17O7S2. The lowest BCUT2D eigenvalue weighted by Crippen LogP contribution is -2.55. The minimum absolute atomic E-state index is 0.0122. The molecule has 0 radical (unpaired) electrons. The van der Waals surface area contributed by atoms with Crippen molar-refractivity contribution in [3.63, 3.8) is 0 Å². The number of thiophene rings is 2. The molecule has 4 saturated heterocycles. The molecule has 24 nitrogen and oxygen atoms in total.